The molecule has 1 N–H and O–H groups in total. The van der Waals surface area contributed by atoms with Gasteiger partial charge in [0, 0.05) is 19.3 Å². The van der Waals surface area contributed by atoms with Crippen LogP contribution in [0.25, 0.3) is 0 Å². The Hall–Kier alpha value is -1.62. The Morgan fingerprint density at radius 1 is 1.38 bits per heavy atom. The fraction of sp³-hybridized carbons (Fsp3) is 0.692. The zero-order chi connectivity index (χ0) is 17.7. The minimum Gasteiger partial charge on any atom is -0.481 e. The first-order valence-corrected chi connectivity index (χ1v) is 8.97. The van der Waals surface area contributed by atoms with Crippen LogP contribution in [-0.4, -0.2) is 52.8 Å². The van der Waals surface area contributed by atoms with Crippen LogP contribution >= 0.6 is 0 Å². The van der Waals surface area contributed by atoms with Gasteiger partial charge in [-0.15, -0.1) is 0 Å². The summed E-state index contributed by atoms with van der Waals surface area (Å²) in [6.07, 6.45) is -2.85. The van der Waals surface area contributed by atoms with Gasteiger partial charge in [0.1, 0.15) is 12.3 Å². The lowest BCUT2D eigenvalue weighted by molar-refractivity contribution is -0.142. The minimum atomic E-state index is -4.43. The fourth-order valence-corrected chi connectivity index (χ4v) is 4.85. The van der Waals surface area contributed by atoms with E-state index < -0.39 is 40.4 Å². The summed E-state index contributed by atoms with van der Waals surface area (Å²) in [5.41, 5.74) is 0.0342. The third-order valence-corrected chi connectivity index (χ3v) is 6.28. The second-order valence-corrected chi connectivity index (χ2v) is 8.18. The van der Waals surface area contributed by atoms with E-state index >= 15 is 0 Å². The number of piperidine rings is 1. The van der Waals surface area contributed by atoms with Gasteiger partial charge < -0.3 is 5.11 Å². The molecule has 2 aliphatic rings. The number of nitrogens with zero attached hydrogens (tertiary/aromatic N) is 3. The number of fused-ring (bicyclic) bond motifs is 1. The molecule has 0 amide bonds. The van der Waals surface area contributed by atoms with Crippen molar-refractivity contribution in [3.63, 3.8) is 0 Å². The van der Waals surface area contributed by atoms with E-state index in [0.29, 0.717) is 11.1 Å². The van der Waals surface area contributed by atoms with Crippen LogP contribution in [0.5, 0.6) is 0 Å². The molecule has 1 aliphatic carbocycles. The molecule has 2 fully saturated rings. The summed E-state index contributed by atoms with van der Waals surface area (Å²) < 4.78 is 63.5. The number of hydrogen-bond donors (Lipinski definition) is 1. The van der Waals surface area contributed by atoms with E-state index in [0.717, 1.165) is 6.20 Å². The van der Waals surface area contributed by atoms with E-state index in [1.54, 1.807) is 0 Å². The average Bonchev–Trinajstić information content (AvgIpc) is 3.02. The predicted molar refractivity (Wildman–Crippen MR) is 75.2 cm³/mol. The van der Waals surface area contributed by atoms with Crippen molar-refractivity contribution in [2.45, 2.75) is 24.9 Å². The highest BCUT2D eigenvalue weighted by Crippen LogP contribution is 2.52. The topological polar surface area (TPSA) is 92.5 Å². The van der Waals surface area contributed by atoms with Crippen molar-refractivity contribution in [2.75, 3.05) is 13.1 Å². The maximum atomic E-state index is 12.4. The molecule has 3 rings (SSSR count). The Balaban J connectivity index is 1.64. The zero-order valence-electron chi connectivity index (χ0n) is 12.5. The predicted octanol–water partition coefficient (Wildman–Crippen LogP) is 0.928. The Kier molecular flexibility index (Phi) is 4.11. The van der Waals surface area contributed by atoms with Crippen molar-refractivity contribution >= 4 is 16.0 Å². The van der Waals surface area contributed by atoms with Gasteiger partial charge in [-0.1, -0.05) is 0 Å². The summed E-state index contributed by atoms with van der Waals surface area (Å²) in [6, 6.07) is 1.24. The number of alkyl halides is 3. The first kappa shape index (κ1) is 17.2. The third kappa shape index (κ3) is 3.56. The number of carboxylic acids is 1. The van der Waals surface area contributed by atoms with Gasteiger partial charge in [0.2, 0.25) is 10.0 Å². The lowest BCUT2D eigenvalue weighted by atomic mass is 10.2. The van der Waals surface area contributed by atoms with E-state index in [2.05, 4.69) is 5.10 Å². The van der Waals surface area contributed by atoms with Crippen LogP contribution in [0.15, 0.2) is 12.3 Å². The van der Waals surface area contributed by atoms with E-state index in [1.165, 1.54) is 10.4 Å². The standard InChI is InChI=1S/C13H16F3N3O4S/c14-13(15,16)7-18-3-1-8(17-18)6-24(22,23)19-4-2-9-10(5-19)11(9)12(20)21/h1,3,9-11H,2,4-7H2,(H,20,21)/t9-,10+,11-/m1/s1. The van der Waals surface area contributed by atoms with Crippen molar-refractivity contribution in [1.82, 2.24) is 14.1 Å². The van der Waals surface area contributed by atoms with E-state index in [-0.39, 0.29) is 30.6 Å². The van der Waals surface area contributed by atoms with Gasteiger partial charge in [-0.05, 0) is 24.3 Å². The number of aliphatic carboxylic acids is 1. The number of sulfonamides is 1. The molecule has 0 bridgehead atoms. The molecule has 2 heterocycles. The third-order valence-electron chi connectivity index (χ3n) is 4.50. The molecular weight excluding hydrogens is 351 g/mol. The van der Waals surface area contributed by atoms with Gasteiger partial charge in [-0.25, -0.2) is 12.7 Å². The van der Waals surface area contributed by atoms with Gasteiger partial charge >= 0.3 is 12.1 Å². The number of rotatable bonds is 5. The van der Waals surface area contributed by atoms with Gasteiger partial charge in [-0.3, -0.25) is 9.48 Å². The highest BCUT2D eigenvalue weighted by Gasteiger charge is 2.58. The van der Waals surface area contributed by atoms with Gasteiger partial charge in [0.25, 0.3) is 0 Å². The van der Waals surface area contributed by atoms with Crippen LogP contribution in [0.2, 0.25) is 0 Å². The summed E-state index contributed by atoms with van der Waals surface area (Å²) in [6.45, 7) is -0.898. The minimum absolute atomic E-state index is 0.0277. The highest BCUT2D eigenvalue weighted by atomic mass is 32.2. The number of carbonyl (C=O) groups is 1. The SMILES string of the molecule is O=C(O)[C@@H]1[C@@H]2CCN(S(=O)(=O)Cc3ccn(CC(F)(F)F)n3)C[C@@H]21. The molecule has 11 heteroatoms. The van der Waals surface area contributed by atoms with E-state index in [9.17, 15) is 26.4 Å². The van der Waals surface area contributed by atoms with Crippen LogP contribution in [-0.2, 0) is 27.1 Å². The van der Waals surface area contributed by atoms with Crippen molar-refractivity contribution < 1.29 is 31.5 Å². The molecule has 1 aromatic rings. The van der Waals surface area contributed by atoms with Crippen LogP contribution < -0.4 is 0 Å². The van der Waals surface area contributed by atoms with Crippen LogP contribution in [0.1, 0.15) is 12.1 Å². The Labute approximate surface area is 136 Å². The van der Waals surface area contributed by atoms with E-state index in [1.807, 2.05) is 0 Å². The summed E-state index contributed by atoms with van der Waals surface area (Å²) in [5, 5.41) is 12.7. The average molecular weight is 367 g/mol. The maximum Gasteiger partial charge on any atom is 0.408 e. The van der Waals surface area contributed by atoms with Crippen molar-refractivity contribution in [2.24, 2.45) is 17.8 Å². The lowest BCUT2D eigenvalue weighted by Gasteiger charge is -2.25. The highest BCUT2D eigenvalue weighted by molar-refractivity contribution is 7.88. The van der Waals surface area contributed by atoms with Crippen molar-refractivity contribution in [1.29, 1.82) is 0 Å². The van der Waals surface area contributed by atoms with Crippen molar-refractivity contribution in [3.05, 3.63) is 18.0 Å². The molecule has 1 saturated carbocycles. The molecule has 0 spiro atoms. The van der Waals surface area contributed by atoms with Crippen LogP contribution in [0.3, 0.4) is 0 Å². The number of carboxylic acid groups (broad SMARTS) is 1. The molecule has 7 nitrogen and oxygen atoms in total. The smallest absolute Gasteiger partial charge is 0.408 e. The number of hydrogen-bond acceptors (Lipinski definition) is 4. The summed E-state index contributed by atoms with van der Waals surface area (Å²) in [4.78, 5) is 11.0. The lowest BCUT2D eigenvalue weighted by Crippen LogP contribution is -2.37. The molecule has 24 heavy (non-hydrogen) atoms. The second kappa shape index (κ2) is 5.73. The first-order chi connectivity index (χ1) is 11.1. The Bertz CT molecular complexity index is 746. The molecule has 1 aromatic heterocycles. The zero-order valence-corrected chi connectivity index (χ0v) is 13.3. The Morgan fingerprint density at radius 3 is 2.71 bits per heavy atom. The summed E-state index contributed by atoms with van der Waals surface area (Å²) in [7, 11) is -3.74. The number of halogens is 3. The molecule has 0 radical (unpaired) electrons. The van der Waals surface area contributed by atoms with Crippen LogP contribution in [0.4, 0.5) is 13.2 Å². The second-order valence-electron chi connectivity index (χ2n) is 6.21. The normalized spacial score (nSPS) is 27.7. The Morgan fingerprint density at radius 2 is 2.08 bits per heavy atom. The van der Waals surface area contributed by atoms with Gasteiger partial charge in [0.15, 0.2) is 0 Å². The van der Waals surface area contributed by atoms with Gasteiger partial charge in [-0.2, -0.15) is 18.3 Å². The van der Waals surface area contributed by atoms with Gasteiger partial charge in [0.05, 0.1) is 11.6 Å². The monoisotopic (exact) mass is 367 g/mol. The summed E-state index contributed by atoms with van der Waals surface area (Å²) >= 11 is 0. The molecular formula is C13H16F3N3O4S. The molecule has 0 aromatic carbocycles. The van der Waals surface area contributed by atoms with E-state index in [4.69, 9.17) is 5.11 Å². The first-order valence-electron chi connectivity index (χ1n) is 7.36. The van der Waals surface area contributed by atoms with Crippen LogP contribution in [0, 0.1) is 17.8 Å². The molecule has 134 valence electrons. The number of aromatic nitrogens is 2. The van der Waals surface area contributed by atoms with Crippen molar-refractivity contribution in [3.8, 4) is 0 Å². The summed E-state index contributed by atoms with van der Waals surface area (Å²) in [5.74, 6) is -2.03. The molecule has 1 aliphatic heterocycles. The largest absolute Gasteiger partial charge is 0.481 e. The fourth-order valence-electron chi connectivity index (χ4n) is 3.36. The quantitative estimate of drug-likeness (QED) is 0.836. The maximum absolute atomic E-state index is 12.4. The molecule has 0 unspecified atom stereocenters. The molecule has 1 saturated heterocycles. The molecule has 3 atom stereocenters.